The first kappa shape index (κ1) is 11.9. The van der Waals surface area contributed by atoms with Crippen LogP contribution in [0.3, 0.4) is 0 Å². The highest BCUT2D eigenvalue weighted by Crippen LogP contribution is 2.21. The highest BCUT2D eigenvalue weighted by Gasteiger charge is 2.11. The fourth-order valence-corrected chi connectivity index (χ4v) is 2.36. The van der Waals surface area contributed by atoms with Crippen molar-refractivity contribution in [3.63, 3.8) is 0 Å². The van der Waals surface area contributed by atoms with Crippen molar-refractivity contribution in [1.82, 2.24) is 14.8 Å². The van der Waals surface area contributed by atoms with Gasteiger partial charge >= 0.3 is 0 Å². The van der Waals surface area contributed by atoms with Crippen LogP contribution >= 0.6 is 0 Å². The van der Waals surface area contributed by atoms with Crippen LogP contribution in [0.15, 0.2) is 42.6 Å². The van der Waals surface area contributed by atoms with Crippen LogP contribution in [0.4, 0.5) is 0 Å². The predicted molar refractivity (Wildman–Crippen MR) is 77.6 cm³/mol. The Balaban J connectivity index is 2.27. The second-order valence-corrected chi connectivity index (χ2v) is 4.60. The third-order valence-corrected chi connectivity index (χ3v) is 3.41. The number of rotatable bonds is 3. The molecule has 0 spiro atoms. The van der Waals surface area contributed by atoms with Gasteiger partial charge in [-0.3, -0.25) is 0 Å². The van der Waals surface area contributed by atoms with Crippen molar-refractivity contribution in [2.45, 2.75) is 26.7 Å². The maximum absolute atomic E-state index is 4.67. The van der Waals surface area contributed by atoms with Gasteiger partial charge in [-0.25, -0.2) is 9.67 Å². The Morgan fingerprint density at radius 1 is 1.05 bits per heavy atom. The Bertz CT molecular complexity index is 708. The zero-order valence-electron chi connectivity index (χ0n) is 11.3. The van der Waals surface area contributed by atoms with E-state index < -0.39 is 0 Å². The summed E-state index contributed by atoms with van der Waals surface area (Å²) in [4.78, 5) is 4.53. The van der Waals surface area contributed by atoms with Gasteiger partial charge in [0.25, 0.3) is 0 Å². The molecular weight excluding hydrogens is 234 g/mol. The van der Waals surface area contributed by atoms with E-state index in [0.717, 1.165) is 29.7 Å². The summed E-state index contributed by atoms with van der Waals surface area (Å²) >= 11 is 0. The monoisotopic (exact) mass is 251 g/mol. The summed E-state index contributed by atoms with van der Waals surface area (Å²) < 4.78 is 1.99. The molecule has 0 radical (unpaired) electrons. The second kappa shape index (κ2) is 4.84. The minimum Gasteiger partial charge on any atom is -0.237 e. The Morgan fingerprint density at radius 2 is 1.89 bits per heavy atom. The lowest BCUT2D eigenvalue weighted by molar-refractivity contribution is 0.778. The fourth-order valence-electron chi connectivity index (χ4n) is 2.36. The molecule has 0 saturated carbocycles. The summed E-state index contributed by atoms with van der Waals surface area (Å²) in [6.07, 6.45) is 3.76. The van der Waals surface area contributed by atoms with Crippen LogP contribution in [-0.2, 0) is 12.8 Å². The van der Waals surface area contributed by atoms with Crippen LogP contribution in [-0.4, -0.2) is 14.8 Å². The normalized spacial score (nSPS) is 11.1. The molecule has 0 aliphatic heterocycles. The maximum Gasteiger partial charge on any atom is 0.161 e. The highest BCUT2D eigenvalue weighted by atomic mass is 15.3. The number of hydrogen-bond acceptors (Lipinski definition) is 2. The number of aromatic nitrogens is 3. The summed E-state index contributed by atoms with van der Waals surface area (Å²) in [5.74, 6) is 0.926. The maximum atomic E-state index is 4.67. The summed E-state index contributed by atoms with van der Waals surface area (Å²) in [6, 6.07) is 12.5. The van der Waals surface area contributed by atoms with Crippen molar-refractivity contribution in [3.8, 4) is 5.82 Å². The van der Waals surface area contributed by atoms with Gasteiger partial charge in [0.15, 0.2) is 5.82 Å². The Morgan fingerprint density at radius 3 is 2.68 bits per heavy atom. The smallest absolute Gasteiger partial charge is 0.161 e. The summed E-state index contributed by atoms with van der Waals surface area (Å²) in [5, 5.41) is 7.02. The zero-order chi connectivity index (χ0) is 13.2. The van der Waals surface area contributed by atoms with Gasteiger partial charge in [-0.1, -0.05) is 38.1 Å². The standard InChI is InChI=1S/C16H17N3/c1-3-13-11-14(4-2)19(18-13)16-15-8-6-5-7-12(15)9-10-17-16/h5-11H,3-4H2,1-2H3. The molecule has 0 saturated heterocycles. The van der Waals surface area contributed by atoms with Gasteiger partial charge in [0.05, 0.1) is 5.69 Å². The molecule has 2 aromatic heterocycles. The molecule has 0 N–H and O–H groups in total. The molecule has 0 unspecified atom stereocenters. The van der Waals surface area contributed by atoms with Gasteiger partial charge in [0, 0.05) is 17.3 Å². The number of hydrogen-bond donors (Lipinski definition) is 0. The molecular formula is C16H17N3. The summed E-state index contributed by atoms with van der Waals surface area (Å²) in [7, 11) is 0. The first-order chi connectivity index (χ1) is 9.33. The summed E-state index contributed by atoms with van der Waals surface area (Å²) in [6.45, 7) is 4.28. The van der Waals surface area contributed by atoms with E-state index in [9.17, 15) is 0 Å². The van der Waals surface area contributed by atoms with Crippen LogP contribution < -0.4 is 0 Å². The second-order valence-electron chi connectivity index (χ2n) is 4.60. The average Bonchev–Trinajstić information content (AvgIpc) is 2.90. The van der Waals surface area contributed by atoms with Crippen LogP contribution in [0, 0.1) is 0 Å². The number of nitrogens with zero attached hydrogens (tertiary/aromatic N) is 3. The van der Waals surface area contributed by atoms with E-state index in [1.807, 2.05) is 29.1 Å². The molecule has 3 rings (SSSR count). The summed E-state index contributed by atoms with van der Waals surface area (Å²) in [5.41, 5.74) is 2.33. The Hall–Kier alpha value is -2.16. The van der Waals surface area contributed by atoms with Gasteiger partial charge in [-0.2, -0.15) is 5.10 Å². The van der Waals surface area contributed by atoms with Crippen LogP contribution in [0.1, 0.15) is 25.2 Å². The van der Waals surface area contributed by atoms with E-state index in [1.54, 1.807) is 0 Å². The molecule has 96 valence electrons. The molecule has 0 bridgehead atoms. The van der Waals surface area contributed by atoms with Crippen molar-refractivity contribution in [3.05, 3.63) is 54.0 Å². The van der Waals surface area contributed by atoms with Crippen LogP contribution in [0.2, 0.25) is 0 Å². The van der Waals surface area contributed by atoms with Crippen molar-refractivity contribution in [2.24, 2.45) is 0 Å². The van der Waals surface area contributed by atoms with E-state index in [1.165, 1.54) is 11.1 Å². The quantitative estimate of drug-likeness (QED) is 0.712. The van der Waals surface area contributed by atoms with E-state index in [4.69, 9.17) is 0 Å². The first-order valence-corrected chi connectivity index (χ1v) is 6.75. The lowest BCUT2D eigenvalue weighted by atomic mass is 10.1. The third kappa shape index (κ3) is 2.01. The van der Waals surface area contributed by atoms with Crippen molar-refractivity contribution in [2.75, 3.05) is 0 Å². The van der Waals surface area contributed by atoms with Gasteiger partial charge in [0.1, 0.15) is 0 Å². The first-order valence-electron chi connectivity index (χ1n) is 6.75. The average molecular weight is 251 g/mol. The number of aryl methyl sites for hydroxylation is 2. The molecule has 2 heterocycles. The van der Waals surface area contributed by atoms with E-state index in [-0.39, 0.29) is 0 Å². The molecule has 19 heavy (non-hydrogen) atoms. The highest BCUT2D eigenvalue weighted by molar-refractivity contribution is 5.88. The molecule has 0 amide bonds. The van der Waals surface area contributed by atoms with Gasteiger partial charge < -0.3 is 0 Å². The largest absolute Gasteiger partial charge is 0.237 e. The number of benzene rings is 1. The van der Waals surface area contributed by atoms with Crippen molar-refractivity contribution < 1.29 is 0 Å². The molecule has 3 heteroatoms. The lowest BCUT2D eigenvalue weighted by Crippen LogP contribution is -2.04. The minimum absolute atomic E-state index is 0.926. The third-order valence-electron chi connectivity index (χ3n) is 3.41. The molecule has 0 atom stereocenters. The number of fused-ring (bicyclic) bond motifs is 1. The van der Waals surface area contributed by atoms with Gasteiger partial charge in [0.2, 0.25) is 0 Å². The van der Waals surface area contributed by atoms with Gasteiger partial charge in [-0.05, 0) is 30.4 Å². The molecule has 3 nitrogen and oxygen atoms in total. The molecule has 1 aromatic carbocycles. The van der Waals surface area contributed by atoms with Crippen molar-refractivity contribution >= 4 is 10.8 Å². The van der Waals surface area contributed by atoms with E-state index in [0.29, 0.717) is 0 Å². The SMILES string of the molecule is CCc1cc(CC)n(-c2nccc3ccccc23)n1. The Kier molecular flexibility index (Phi) is 3.03. The molecule has 0 aliphatic rings. The zero-order valence-corrected chi connectivity index (χ0v) is 11.3. The topological polar surface area (TPSA) is 30.7 Å². The Labute approximate surface area is 112 Å². The minimum atomic E-state index is 0.926. The lowest BCUT2D eigenvalue weighted by Gasteiger charge is -2.08. The van der Waals surface area contributed by atoms with Crippen molar-refractivity contribution in [1.29, 1.82) is 0 Å². The van der Waals surface area contributed by atoms with E-state index in [2.05, 4.69) is 42.1 Å². The molecule has 0 fully saturated rings. The van der Waals surface area contributed by atoms with Crippen LogP contribution in [0.5, 0.6) is 0 Å². The number of pyridine rings is 1. The molecule has 3 aromatic rings. The van der Waals surface area contributed by atoms with Crippen LogP contribution in [0.25, 0.3) is 16.6 Å². The van der Waals surface area contributed by atoms with E-state index >= 15 is 0 Å². The predicted octanol–water partition coefficient (Wildman–Crippen LogP) is 3.55. The van der Waals surface area contributed by atoms with Gasteiger partial charge in [-0.15, -0.1) is 0 Å². The fraction of sp³-hybridized carbons (Fsp3) is 0.250. The molecule has 0 aliphatic carbocycles.